The van der Waals surface area contributed by atoms with Crippen molar-refractivity contribution in [3.05, 3.63) is 178 Å². The fourth-order valence-corrected chi connectivity index (χ4v) is 6.01. The van der Waals surface area contributed by atoms with Crippen molar-refractivity contribution in [3.63, 3.8) is 0 Å². The Kier molecular flexibility index (Phi) is 13.5. The number of halogens is 7. The highest BCUT2D eigenvalue weighted by atomic mass is 19.3. The Labute approximate surface area is 326 Å². The van der Waals surface area contributed by atoms with Crippen LogP contribution in [-0.4, -0.2) is 33.3 Å². The Hall–Kier alpha value is -5.47. The molecule has 6 nitrogen and oxygen atoms in total. The fraction of sp³-hybridized carbons (Fsp3) is 0.227. The van der Waals surface area contributed by atoms with Crippen LogP contribution in [0.3, 0.4) is 0 Å². The Bertz CT molecular complexity index is 2110. The average molecular weight is 793 g/mol. The van der Waals surface area contributed by atoms with Gasteiger partial charge in [-0.05, 0) is 61.7 Å². The number of aliphatic hydroxyl groups is 2. The molecule has 0 aliphatic heterocycles. The Morgan fingerprint density at radius 2 is 0.842 bits per heavy atom. The predicted octanol–water partition coefficient (Wildman–Crippen LogP) is 9.35. The summed E-state index contributed by atoms with van der Waals surface area (Å²) >= 11 is 0. The van der Waals surface area contributed by atoms with E-state index in [4.69, 9.17) is 11.5 Å². The van der Waals surface area contributed by atoms with Gasteiger partial charge in [0.25, 0.3) is 0 Å². The molecule has 13 heteroatoms. The maximum absolute atomic E-state index is 15.2. The highest BCUT2D eigenvalue weighted by molar-refractivity contribution is 5.63. The lowest BCUT2D eigenvalue weighted by molar-refractivity contribution is -0.193. The lowest BCUT2D eigenvalue weighted by atomic mass is 9.84. The van der Waals surface area contributed by atoms with E-state index < -0.39 is 76.1 Å². The lowest BCUT2D eigenvalue weighted by Gasteiger charge is -2.35. The molecule has 0 saturated carbocycles. The summed E-state index contributed by atoms with van der Waals surface area (Å²) in [6.07, 6.45) is 2.54. The molecule has 6 aromatic rings. The molecule has 0 bridgehead atoms. The van der Waals surface area contributed by atoms with E-state index in [1.807, 2.05) is 62.4 Å². The first-order chi connectivity index (χ1) is 26.4. The van der Waals surface area contributed by atoms with E-state index in [0.717, 1.165) is 58.7 Å². The van der Waals surface area contributed by atoms with Crippen molar-refractivity contribution in [1.82, 2.24) is 9.97 Å². The fourth-order valence-electron chi connectivity index (χ4n) is 6.01. The van der Waals surface area contributed by atoms with Crippen LogP contribution in [0.25, 0.3) is 22.3 Å². The van der Waals surface area contributed by atoms with E-state index in [1.165, 1.54) is 30.6 Å². The predicted molar refractivity (Wildman–Crippen MR) is 207 cm³/mol. The summed E-state index contributed by atoms with van der Waals surface area (Å²) in [5, 5.41) is 21.3. The van der Waals surface area contributed by atoms with Crippen LogP contribution in [0.2, 0.25) is 0 Å². The first-order valence-electron chi connectivity index (χ1n) is 17.3. The third kappa shape index (κ3) is 8.76. The van der Waals surface area contributed by atoms with Crippen LogP contribution < -0.4 is 11.5 Å². The summed E-state index contributed by atoms with van der Waals surface area (Å²) in [6, 6.07) is 25.7. The number of aromatic nitrogens is 2. The van der Waals surface area contributed by atoms with Crippen molar-refractivity contribution in [3.8, 4) is 22.3 Å². The molecule has 300 valence electrons. The van der Waals surface area contributed by atoms with Crippen molar-refractivity contribution < 1.29 is 40.9 Å². The molecule has 0 amide bonds. The van der Waals surface area contributed by atoms with Crippen LogP contribution >= 0.6 is 0 Å². The summed E-state index contributed by atoms with van der Waals surface area (Å²) in [6.45, 7) is 3.63. The Balaban J connectivity index is 0.000000248. The number of benzene rings is 4. The minimum Gasteiger partial charge on any atom is -0.377 e. The van der Waals surface area contributed by atoms with Gasteiger partial charge in [-0.2, -0.15) is 17.6 Å². The van der Waals surface area contributed by atoms with Crippen LogP contribution in [0.1, 0.15) is 46.6 Å². The first-order valence-corrected chi connectivity index (χ1v) is 17.3. The molecule has 0 unspecified atom stereocenters. The second-order valence-electron chi connectivity index (χ2n) is 13.5. The van der Waals surface area contributed by atoms with E-state index in [1.54, 1.807) is 6.92 Å². The van der Waals surface area contributed by atoms with Crippen LogP contribution in [0.15, 0.2) is 122 Å². The van der Waals surface area contributed by atoms with Gasteiger partial charge in [0.15, 0.2) is 11.2 Å². The standard InChI is InChI=1S/C22H21F3N2O.C21H18F4N2O.CH4/c1-14-3-6-16(7-4-14)17-8-10-20(27-12-17)22(24,25)21(28,13-26)18-9-5-15(2)11-19(18)23;1-13-2-4-14(5-3-13)15-6-9-19(27-11-15)21(24,25)20(28,12-26)17-8-7-16(22)10-18(17)23;/h3-12,28H,13,26H2,1-2H3;2-11,28H,12,26H2,1H3;1H4/t21-;20-;/m10./s1. The van der Waals surface area contributed by atoms with E-state index in [0.29, 0.717) is 22.8 Å². The summed E-state index contributed by atoms with van der Waals surface area (Å²) in [5.41, 5.74) is 7.56. The largest absolute Gasteiger partial charge is 0.377 e. The number of alkyl halides is 4. The normalized spacial score (nSPS) is 13.7. The maximum Gasteiger partial charge on any atom is 0.323 e. The van der Waals surface area contributed by atoms with Crippen molar-refractivity contribution in [2.75, 3.05) is 13.1 Å². The summed E-state index contributed by atoms with van der Waals surface area (Å²) < 4.78 is 102. The van der Waals surface area contributed by atoms with E-state index in [9.17, 15) is 23.4 Å². The second-order valence-corrected chi connectivity index (χ2v) is 13.5. The summed E-state index contributed by atoms with van der Waals surface area (Å²) in [7, 11) is 0. The van der Waals surface area contributed by atoms with E-state index >= 15 is 17.6 Å². The molecule has 6 rings (SSSR count). The van der Waals surface area contributed by atoms with Crippen molar-refractivity contribution >= 4 is 0 Å². The molecule has 2 atom stereocenters. The van der Waals surface area contributed by atoms with E-state index in [-0.39, 0.29) is 7.43 Å². The number of hydrogen-bond acceptors (Lipinski definition) is 6. The van der Waals surface area contributed by atoms with Gasteiger partial charge in [-0.3, -0.25) is 9.97 Å². The van der Waals surface area contributed by atoms with Gasteiger partial charge in [0.1, 0.15) is 28.8 Å². The molecule has 4 aromatic carbocycles. The molecule has 2 aromatic heterocycles. The molecule has 6 N–H and O–H groups in total. The van der Waals surface area contributed by atoms with Gasteiger partial charge in [-0.1, -0.05) is 97.4 Å². The molecule has 0 saturated heterocycles. The van der Waals surface area contributed by atoms with Crippen molar-refractivity contribution in [1.29, 1.82) is 0 Å². The Morgan fingerprint density at radius 3 is 1.18 bits per heavy atom. The molecule has 0 aliphatic carbocycles. The summed E-state index contributed by atoms with van der Waals surface area (Å²) in [5.74, 6) is -11.1. The van der Waals surface area contributed by atoms with Crippen LogP contribution in [0, 0.1) is 38.2 Å². The average Bonchev–Trinajstić information content (AvgIpc) is 3.18. The van der Waals surface area contributed by atoms with Gasteiger partial charge in [-0.25, -0.2) is 13.2 Å². The molecular formula is C44H43F7N4O2. The van der Waals surface area contributed by atoms with Gasteiger partial charge >= 0.3 is 11.8 Å². The topological polar surface area (TPSA) is 118 Å². The van der Waals surface area contributed by atoms with E-state index in [2.05, 4.69) is 9.97 Å². The zero-order valence-corrected chi connectivity index (χ0v) is 30.6. The third-order valence-electron chi connectivity index (χ3n) is 9.52. The zero-order chi connectivity index (χ0) is 41.1. The second kappa shape index (κ2) is 17.3. The molecule has 0 spiro atoms. The molecule has 0 radical (unpaired) electrons. The smallest absolute Gasteiger partial charge is 0.323 e. The third-order valence-corrected chi connectivity index (χ3v) is 9.52. The number of nitrogens with zero attached hydrogens (tertiary/aromatic N) is 2. The zero-order valence-electron chi connectivity index (χ0n) is 30.6. The molecule has 2 heterocycles. The molecule has 57 heavy (non-hydrogen) atoms. The van der Waals surface area contributed by atoms with Crippen LogP contribution in [0.5, 0.6) is 0 Å². The number of nitrogens with two attached hydrogens (primary N) is 2. The minimum atomic E-state index is -4.02. The first kappa shape index (κ1) is 44.2. The number of hydrogen-bond donors (Lipinski definition) is 4. The minimum absolute atomic E-state index is 0. The van der Waals surface area contributed by atoms with Crippen molar-refractivity contribution in [2.24, 2.45) is 11.5 Å². The number of rotatable bonds is 10. The highest BCUT2D eigenvalue weighted by Gasteiger charge is 2.57. The lowest BCUT2D eigenvalue weighted by Crippen LogP contribution is -2.50. The monoisotopic (exact) mass is 792 g/mol. The molecule has 0 fully saturated rings. The van der Waals surface area contributed by atoms with Gasteiger partial charge in [-0.15, -0.1) is 0 Å². The number of pyridine rings is 2. The highest BCUT2D eigenvalue weighted by Crippen LogP contribution is 2.46. The molecule has 0 aliphatic rings. The Morgan fingerprint density at radius 1 is 0.491 bits per heavy atom. The van der Waals surface area contributed by atoms with Gasteiger partial charge in [0, 0.05) is 53.8 Å². The van der Waals surface area contributed by atoms with Crippen LogP contribution in [-0.2, 0) is 23.0 Å². The van der Waals surface area contributed by atoms with Crippen LogP contribution in [0.4, 0.5) is 30.7 Å². The number of aryl methyl sites for hydroxylation is 3. The SMILES string of the molecule is C.Cc1ccc(-c2ccc(C(F)(F)[C@@](O)(CN)c3ccc(C)cc3F)nc2)cc1.Cc1ccc(-c2ccc(C(F)(F)[C@](O)(CN)c3ccc(F)cc3F)nc2)cc1. The van der Waals surface area contributed by atoms with Crippen molar-refractivity contribution in [2.45, 2.75) is 51.2 Å². The van der Waals surface area contributed by atoms with Gasteiger partial charge in [0.05, 0.1) is 0 Å². The maximum atomic E-state index is 15.2. The molecular weight excluding hydrogens is 749 g/mol. The summed E-state index contributed by atoms with van der Waals surface area (Å²) in [4.78, 5) is 7.62. The van der Waals surface area contributed by atoms with Gasteiger partial charge < -0.3 is 21.7 Å². The van der Waals surface area contributed by atoms with Gasteiger partial charge in [0.2, 0.25) is 0 Å². The quantitative estimate of drug-likeness (QED) is 0.103.